The first-order chi connectivity index (χ1) is 14.6. The highest BCUT2D eigenvalue weighted by Gasteiger charge is 2.30. The zero-order valence-electron chi connectivity index (χ0n) is 16.3. The number of rotatable bonds is 6. The fourth-order valence-corrected chi connectivity index (χ4v) is 3.28. The van der Waals surface area contributed by atoms with Gasteiger partial charge in [-0.1, -0.05) is 47.7 Å². The molecule has 11 heteroatoms. The number of nitrogens with zero attached hydrogens (tertiary/aromatic N) is 3. The summed E-state index contributed by atoms with van der Waals surface area (Å²) in [6.07, 6.45) is -4.26. The number of hydrogen-bond acceptors (Lipinski definition) is 6. The Labute approximate surface area is 179 Å². The van der Waals surface area contributed by atoms with Crippen LogP contribution in [0.15, 0.2) is 58.5 Å². The summed E-state index contributed by atoms with van der Waals surface area (Å²) in [5.41, 5.74) is 0.702. The molecule has 7 nitrogen and oxygen atoms in total. The molecule has 1 aromatic heterocycles. The minimum Gasteiger partial charge on any atom is -0.334 e. The van der Waals surface area contributed by atoms with Crippen LogP contribution in [0.4, 0.5) is 18.9 Å². The van der Waals surface area contributed by atoms with Gasteiger partial charge in [0.25, 0.3) is 5.56 Å². The predicted molar refractivity (Wildman–Crippen MR) is 111 cm³/mol. The summed E-state index contributed by atoms with van der Waals surface area (Å²) >= 11 is 0.845. The number of alkyl halides is 3. The lowest BCUT2D eigenvalue weighted by Gasteiger charge is -2.10. The van der Waals surface area contributed by atoms with Crippen LogP contribution in [0.25, 0.3) is 0 Å². The van der Waals surface area contributed by atoms with Crippen molar-refractivity contribution in [2.75, 3.05) is 16.9 Å². The molecule has 0 atom stereocenters. The smallest absolute Gasteiger partial charge is 0.334 e. The molecule has 3 rings (SSSR count). The molecule has 0 aliphatic heterocycles. The van der Waals surface area contributed by atoms with Gasteiger partial charge < -0.3 is 11.2 Å². The highest BCUT2D eigenvalue weighted by Crippen LogP contribution is 2.30. The average molecular weight is 449 g/mol. The van der Waals surface area contributed by atoms with Crippen LogP contribution in [0.1, 0.15) is 22.4 Å². The van der Waals surface area contributed by atoms with E-state index in [1.54, 1.807) is 0 Å². The van der Waals surface area contributed by atoms with Gasteiger partial charge in [0.15, 0.2) is 0 Å². The second-order valence-electron chi connectivity index (χ2n) is 6.68. The molecule has 0 spiro atoms. The maximum Gasteiger partial charge on any atom is 0.416 e. The Hall–Kier alpha value is -3.34. The maximum absolute atomic E-state index is 12.8. The average Bonchev–Trinajstić information content (AvgIpc) is 2.72. The van der Waals surface area contributed by atoms with E-state index in [9.17, 15) is 22.8 Å². The van der Waals surface area contributed by atoms with Crippen molar-refractivity contribution in [3.05, 3.63) is 81.3 Å². The van der Waals surface area contributed by atoms with Crippen LogP contribution in [0, 0.1) is 6.92 Å². The van der Waals surface area contributed by atoms with Gasteiger partial charge in [-0.15, -0.1) is 10.2 Å². The van der Waals surface area contributed by atoms with Gasteiger partial charge in [-0.3, -0.25) is 9.59 Å². The standard InChI is InChI=1S/C20H18F3N5O2S/c1-12-5-7-13(8-6-12)9-16-18(30)28(24)19(27-26-16)31-11-17(29)25-15-4-2-3-14(10-15)20(21,22)23/h2-8,10H,9,11,24H2,1H3,(H,25,29). The fourth-order valence-electron chi connectivity index (χ4n) is 2.63. The Kier molecular flexibility index (Phi) is 6.64. The van der Waals surface area contributed by atoms with Crippen LogP contribution in [0.2, 0.25) is 0 Å². The van der Waals surface area contributed by atoms with Crippen LogP contribution < -0.4 is 16.7 Å². The topological polar surface area (TPSA) is 103 Å². The van der Waals surface area contributed by atoms with E-state index in [0.29, 0.717) is 0 Å². The van der Waals surface area contributed by atoms with Crippen LogP contribution in [-0.2, 0) is 17.4 Å². The minimum atomic E-state index is -4.51. The molecule has 3 aromatic rings. The van der Waals surface area contributed by atoms with E-state index in [1.807, 2.05) is 31.2 Å². The molecule has 1 amide bonds. The summed E-state index contributed by atoms with van der Waals surface area (Å²) in [5, 5.41) is 10.2. The third kappa shape index (κ3) is 5.85. The lowest BCUT2D eigenvalue weighted by molar-refractivity contribution is -0.137. The number of aryl methyl sites for hydroxylation is 1. The van der Waals surface area contributed by atoms with Gasteiger partial charge in [-0.05, 0) is 30.7 Å². The van der Waals surface area contributed by atoms with Gasteiger partial charge in [0, 0.05) is 12.1 Å². The number of carbonyl (C=O) groups excluding carboxylic acids is 1. The molecule has 31 heavy (non-hydrogen) atoms. The van der Waals surface area contributed by atoms with E-state index in [1.165, 1.54) is 12.1 Å². The number of nitrogen functional groups attached to an aromatic ring is 1. The number of hydrogen-bond donors (Lipinski definition) is 2. The Bertz CT molecular complexity index is 1150. The summed E-state index contributed by atoms with van der Waals surface area (Å²) in [6.45, 7) is 1.95. The van der Waals surface area contributed by atoms with Gasteiger partial charge in [0.2, 0.25) is 11.1 Å². The van der Waals surface area contributed by atoms with Crippen molar-refractivity contribution < 1.29 is 18.0 Å². The molecule has 0 bridgehead atoms. The first-order valence-electron chi connectivity index (χ1n) is 9.02. The monoisotopic (exact) mass is 449 g/mol. The zero-order chi connectivity index (χ0) is 22.6. The normalized spacial score (nSPS) is 11.4. The van der Waals surface area contributed by atoms with E-state index in [-0.39, 0.29) is 28.7 Å². The predicted octanol–water partition coefficient (Wildman–Crippen LogP) is 3.00. The quantitative estimate of drug-likeness (QED) is 0.443. The van der Waals surface area contributed by atoms with Crippen molar-refractivity contribution in [2.45, 2.75) is 24.7 Å². The maximum atomic E-state index is 12.8. The molecule has 0 saturated heterocycles. The van der Waals surface area contributed by atoms with Gasteiger partial charge in [0.1, 0.15) is 5.69 Å². The van der Waals surface area contributed by atoms with Crippen molar-refractivity contribution in [3.8, 4) is 0 Å². The molecule has 2 aromatic carbocycles. The summed E-state index contributed by atoms with van der Waals surface area (Å²) < 4.78 is 39.1. The van der Waals surface area contributed by atoms with E-state index >= 15 is 0 Å². The number of anilines is 1. The van der Waals surface area contributed by atoms with Crippen molar-refractivity contribution in [2.24, 2.45) is 0 Å². The summed E-state index contributed by atoms with van der Waals surface area (Å²) in [5.74, 6) is 4.99. The molecule has 0 saturated carbocycles. The third-order valence-corrected chi connectivity index (χ3v) is 5.17. The van der Waals surface area contributed by atoms with E-state index in [4.69, 9.17) is 5.84 Å². The second-order valence-corrected chi connectivity index (χ2v) is 7.62. The highest BCUT2D eigenvalue weighted by atomic mass is 32.2. The summed E-state index contributed by atoms with van der Waals surface area (Å²) in [6, 6.07) is 11.9. The number of amides is 1. The molecule has 162 valence electrons. The molecule has 0 aliphatic carbocycles. The Morgan fingerprint density at radius 1 is 1.16 bits per heavy atom. The molecule has 0 unspecified atom stereocenters. The first kappa shape index (κ1) is 22.3. The van der Waals surface area contributed by atoms with Gasteiger partial charge in [-0.2, -0.15) is 17.8 Å². The SMILES string of the molecule is Cc1ccc(Cc2nnc(SCC(=O)Nc3cccc(C(F)(F)F)c3)n(N)c2=O)cc1. The van der Waals surface area contributed by atoms with Crippen molar-refractivity contribution in [1.82, 2.24) is 14.9 Å². The lowest BCUT2D eigenvalue weighted by atomic mass is 10.1. The summed E-state index contributed by atoms with van der Waals surface area (Å²) in [7, 11) is 0. The number of aromatic nitrogens is 3. The molecule has 1 heterocycles. The largest absolute Gasteiger partial charge is 0.416 e. The molecular formula is C20H18F3N5O2S. The van der Waals surface area contributed by atoms with Crippen molar-refractivity contribution >= 4 is 23.4 Å². The van der Waals surface area contributed by atoms with Crippen LogP contribution in [0.3, 0.4) is 0 Å². The van der Waals surface area contributed by atoms with Gasteiger partial charge in [-0.25, -0.2) is 0 Å². The Morgan fingerprint density at radius 3 is 2.55 bits per heavy atom. The van der Waals surface area contributed by atoms with Crippen LogP contribution in [-0.4, -0.2) is 26.5 Å². The molecule has 3 N–H and O–H groups in total. The lowest BCUT2D eigenvalue weighted by Crippen LogP contribution is -2.34. The van der Waals surface area contributed by atoms with E-state index in [0.717, 1.165) is 39.7 Å². The molecule has 0 radical (unpaired) electrons. The van der Waals surface area contributed by atoms with Gasteiger partial charge >= 0.3 is 6.18 Å². The Morgan fingerprint density at radius 2 is 1.87 bits per heavy atom. The molecule has 0 fully saturated rings. The number of carbonyl (C=O) groups is 1. The second kappa shape index (κ2) is 9.21. The number of nitrogens with one attached hydrogen (secondary N) is 1. The van der Waals surface area contributed by atoms with E-state index < -0.39 is 23.2 Å². The van der Waals surface area contributed by atoms with Gasteiger partial charge in [0.05, 0.1) is 11.3 Å². The molecule has 0 aliphatic rings. The Balaban J connectivity index is 1.64. The van der Waals surface area contributed by atoms with Crippen molar-refractivity contribution in [1.29, 1.82) is 0 Å². The zero-order valence-corrected chi connectivity index (χ0v) is 17.1. The molecular weight excluding hydrogens is 431 g/mol. The van der Waals surface area contributed by atoms with Crippen LogP contribution in [0.5, 0.6) is 0 Å². The number of thioether (sulfide) groups is 1. The number of benzene rings is 2. The van der Waals surface area contributed by atoms with Crippen molar-refractivity contribution in [3.63, 3.8) is 0 Å². The van der Waals surface area contributed by atoms with E-state index in [2.05, 4.69) is 15.5 Å². The fraction of sp³-hybridized carbons (Fsp3) is 0.200. The number of halogens is 3. The van der Waals surface area contributed by atoms with Crippen LogP contribution >= 0.6 is 11.8 Å². The minimum absolute atomic E-state index is 0.00472. The number of nitrogens with two attached hydrogens (primary N) is 1. The third-order valence-electron chi connectivity index (χ3n) is 4.23. The highest BCUT2D eigenvalue weighted by molar-refractivity contribution is 7.99. The first-order valence-corrected chi connectivity index (χ1v) is 10.0. The summed E-state index contributed by atoms with van der Waals surface area (Å²) in [4.78, 5) is 24.5.